The van der Waals surface area contributed by atoms with Crippen LogP contribution < -0.4 is 10.1 Å². The number of rotatable bonds is 5. The highest BCUT2D eigenvalue weighted by molar-refractivity contribution is 6.32. The first-order valence-electron chi connectivity index (χ1n) is 9.40. The van der Waals surface area contributed by atoms with E-state index in [0.717, 1.165) is 5.56 Å². The predicted molar refractivity (Wildman–Crippen MR) is 107 cm³/mol. The van der Waals surface area contributed by atoms with E-state index in [0.29, 0.717) is 16.3 Å². The fourth-order valence-electron chi connectivity index (χ4n) is 4.49. The Morgan fingerprint density at radius 3 is 2.50 bits per heavy atom. The molecule has 0 bridgehead atoms. The molecule has 0 saturated carbocycles. The highest BCUT2D eigenvalue weighted by Gasteiger charge is 2.68. The summed E-state index contributed by atoms with van der Waals surface area (Å²) in [5, 5.41) is 3.60. The molecule has 0 spiro atoms. The van der Waals surface area contributed by atoms with Gasteiger partial charge >= 0.3 is 17.9 Å². The van der Waals surface area contributed by atoms with E-state index >= 15 is 0 Å². The molecule has 2 heterocycles. The zero-order chi connectivity index (χ0) is 21.5. The Morgan fingerprint density at radius 1 is 1.13 bits per heavy atom. The highest BCUT2D eigenvalue weighted by atomic mass is 35.5. The van der Waals surface area contributed by atoms with Gasteiger partial charge in [-0.05, 0) is 23.3 Å². The molecule has 4 rings (SSSR count). The average molecular weight is 430 g/mol. The van der Waals surface area contributed by atoms with Crippen molar-refractivity contribution in [3.05, 3.63) is 64.7 Å². The zero-order valence-corrected chi connectivity index (χ0v) is 17.1. The Hall–Kier alpha value is -2.90. The van der Waals surface area contributed by atoms with E-state index in [1.807, 2.05) is 30.3 Å². The largest absolute Gasteiger partial charge is 0.495 e. The van der Waals surface area contributed by atoms with Crippen LogP contribution in [0, 0.1) is 11.8 Å². The van der Waals surface area contributed by atoms with Crippen molar-refractivity contribution in [2.45, 2.75) is 18.0 Å². The molecular weight excluding hydrogens is 410 g/mol. The van der Waals surface area contributed by atoms with E-state index in [2.05, 4.69) is 5.32 Å². The summed E-state index contributed by atoms with van der Waals surface area (Å²) in [6.45, 7) is 0. The van der Waals surface area contributed by atoms with Gasteiger partial charge in [-0.15, -0.1) is 0 Å². The first-order valence-corrected chi connectivity index (χ1v) is 9.78. The van der Waals surface area contributed by atoms with Crippen molar-refractivity contribution in [3.8, 4) is 5.75 Å². The molecule has 156 valence electrons. The average Bonchev–Trinajstić information content (AvgIpc) is 3.25. The SMILES string of the molecule is COC(=O)[C@@]1(Cc2ccccc2)N[C@H](c2ccc(OC)c(Cl)c2)[C@@H]2C(=O)OC(=O)[C@@H]21. The monoisotopic (exact) mass is 429 g/mol. The number of fused-ring (bicyclic) bond motifs is 1. The Kier molecular flexibility index (Phi) is 5.26. The molecule has 2 aromatic carbocycles. The normalized spacial score (nSPS) is 27.5. The van der Waals surface area contributed by atoms with Gasteiger partial charge in [0.2, 0.25) is 0 Å². The third-order valence-electron chi connectivity index (χ3n) is 5.80. The molecule has 0 amide bonds. The molecule has 0 aromatic heterocycles. The summed E-state index contributed by atoms with van der Waals surface area (Å²) >= 11 is 6.28. The molecule has 2 saturated heterocycles. The van der Waals surface area contributed by atoms with Crippen LogP contribution >= 0.6 is 11.6 Å². The molecule has 2 aromatic rings. The van der Waals surface area contributed by atoms with Gasteiger partial charge in [0.1, 0.15) is 17.2 Å². The van der Waals surface area contributed by atoms with Crippen LogP contribution in [0.4, 0.5) is 0 Å². The number of carbonyl (C=O) groups excluding carboxylic acids is 3. The fourth-order valence-corrected chi connectivity index (χ4v) is 4.76. The first-order chi connectivity index (χ1) is 14.4. The molecule has 2 aliphatic rings. The second-order valence-electron chi connectivity index (χ2n) is 7.38. The van der Waals surface area contributed by atoms with Gasteiger partial charge in [-0.25, -0.2) is 0 Å². The summed E-state index contributed by atoms with van der Waals surface area (Å²) in [6, 6.07) is 13.6. The zero-order valence-electron chi connectivity index (χ0n) is 16.4. The number of methoxy groups -OCH3 is 2. The second-order valence-corrected chi connectivity index (χ2v) is 7.79. The van der Waals surface area contributed by atoms with Crippen molar-refractivity contribution < 1.29 is 28.6 Å². The lowest BCUT2D eigenvalue weighted by Gasteiger charge is -2.31. The van der Waals surface area contributed by atoms with Gasteiger partial charge in [0.25, 0.3) is 0 Å². The summed E-state index contributed by atoms with van der Waals surface area (Å²) in [6.07, 6.45) is 0.157. The number of carbonyl (C=O) groups is 3. The summed E-state index contributed by atoms with van der Waals surface area (Å²) in [7, 11) is 2.76. The minimum absolute atomic E-state index is 0.157. The van der Waals surface area contributed by atoms with Gasteiger partial charge in [-0.1, -0.05) is 48.0 Å². The number of ether oxygens (including phenoxy) is 3. The Morgan fingerprint density at radius 2 is 1.87 bits per heavy atom. The van der Waals surface area contributed by atoms with Crippen LogP contribution in [0.2, 0.25) is 5.02 Å². The molecule has 7 nitrogen and oxygen atoms in total. The van der Waals surface area contributed by atoms with Crippen molar-refractivity contribution in [2.24, 2.45) is 11.8 Å². The third kappa shape index (κ3) is 3.14. The molecule has 0 aliphatic carbocycles. The molecule has 1 N–H and O–H groups in total. The number of hydrogen-bond acceptors (Lipinski definition) is 7. The van der Waals surface area contributed by atoms with Crippen molar-refractivity contribution in [1.82, 2.24) is 5.32 Å². The standard InChI is InChI=1S/C22H20ClNO6/c1-28-15-9-8-13(10-14(15)23)18-16-17(20(26)30-19(16)25)22(24-18,21(27)29-2)11-12-6-4-3-5-7-12/h3-10,16-18,24H,11H2,1-2H3/t16-,17-,18-,22+/m1/s1. The van der Waals surface area contributed by atoms with Crippen molar-refractivity contribution >= 4 is 29.5 Å². The lowest BCUT2D eigenvalue weighted by atomic mass is 9.76. The van der Waals surface area contributed by atoms with Crippen molar-refractivity contribution in [1.29, 1.82) is 0 Å². The number of halogens is 1. The maximum absolute atomic E-state index is 13.0. The number of hydrogen-bond donors (Lipinski definition) is 1. The lowest BCUT2D eigenvalue weighted by Crippen LogP contribution is -2.56. The van der Waals surface area contributed by atoms with Crippen LogP contribution in [0.1, 0.15) is 17.2 Å². The Labute approximate surface area is 178 Å². The molecule has 4 atom stereocenters. The first kappa shape index (κ1) is 20.4. The summed E-state index contributed by atoms with van der Waals surface area (Å²) in [5.74, 6) is -3.47. The van der Waals surface area contributed by atoms with Gasteiger partial charge in [0, 0.05) is 12.5 Å². The Balaban J connectivity index is 1.82. The summed E-state index contributed by atoms with van der Waals surface area (Å²) in [5.41, 5.74) is -0.00263. The van der Waals surface area contributed by atoms with Crippen LogP contribution in [0.3, 0.4) is 0 Å². The van der Waals surface area contributed by atoms with Crippen LogP contribution in [-0.2, 0) is 30.3 Å². The van der Waals surface area contributed by atoms with E-state index in [9.17, 15) is 14.4 Å². The topological polar surface area (TPSA) is 90.9 Å². The molecule has 2 aliphatic heterocycles. The summed E-state index contributed by atoms with van der Waals surface area (Å²) < 4.78 is 15.2. The van der Waals surface area contributed by atoms with E-state index in [-0.39, 0.29) is 6.42 Å². The van der Waals surface area contributed by atoms with E-state index in [4.69, 9.17) is 25.8 Å². The molecule has 8 heteroatoms. The van der Waals surface area contributed by atoms with Crippen LogP contribution in [0.25, 0.3) is 0 Å². The molecule has 0 unspecified atom stereocenters. The molecular formula is C22H20ClNO6. The minimum atomic E-state index is -1.46. The molecule has 2 fully saturated rings. The lowest BCUT2D eigenvalue weighted by molar-refractivity contribution is -0.160. The van der Waals surface area contributed by atoms with Gasteiger partial charge in [0.15, 0.2) is 0 Å². The highest BCUT2D eigenvalue weighted by Crippen LogP contribution is 2.50. The quantitative estimate of drug-likeness (QED) is 0.576. The van der Waals surface area contributed by atoms with Crippen LogP contribution in [0.5, 0.6) is 5.75 Å². The number of nitrogens with one attached hydrogen (secondary N) is 1. The maximum atomic E-state index is 13.0. The van der Waals surface area contributed by atoms with Crippen molar-refractivity contribution in [3.63, 3.8) is 0 Å². The fraction of sp³-hybridized carbons (Fsp3) is 0.318. The molecule has 30 heavy (non-hydrogen) atoms. The second kappa shape index (κ2) is 7.74. The van der Waals surface area contributed by atoms with E-state index in [1.165, 1.54) is 14.2 Å². The molecule has 0 radical (unpaired) electrons. The van der Waals surface area contributed by atoms with E-state index in [1.54, 1.807) is 18.2 Å². The maximum Gasteiger partial charge on any atom is 0.327 e. The van der Waals surface area contributed by atoms with Gasteiger partial charge in [0.05, 0.1) is 25.2 Å². The summed E-state index contributed by atoms with van der Waals surface area (Å²) in [4.78, 5) is 38.3. The van der Waals surface area contributed by atoms with Crippen LogP contribution in [-0.4, -0.2) is 37.7 Å². The van der Waals surface area contributed by atoms with Crippen molar-refractivity contribution in [2.75, 3.05) is 14.2 Å². The number of cyclic esters (lactones) is 2. The van der Waals surface area contributed by atoms with Gasteiger partial charge in [-0.2, -0.15) is 0 Å². The third-order valence-corrected chi connectivity index (χ3v) is 6.10. The van der Waals surface area contributed by atoms with Gasteiger partial charge in [-0.3, -0.25) is 19.7 Å². The minimum Gasteiger partial charge on any atom is -0.495 e. The smallest absolute Gasteiger partial charge is 0.327 e. The number of esters is 3. The van der Waals surface area contributed by atoms with E-state index < -0.39 is 41.3 Å². The van der Waals surface area contributed by atoms with Crippen LogP contribution in [0.15, 0.2) is 48.5 Å². The number of benzene rings is 2. The Bertz CT molecular complexity index is 1010. The van der Waals surface area contributed by atoms with Gasteiger partial charge < -0.3 is 14.2 Å². The predicted octanol–water partition coefficient (Wildman–Crippen LogP) is 2.46.